The van der Waals surface area contributed by atoms with Crippen molar-refractivity contribution in [3.8, 4) is 0 Å². The molecule has 1 aliphatic heterocycles. The first-order valence-corrected chi connectivity index (χ1v) is 8.87. The highest BCUT2D eigenvalue weighted by molar-refractivity contribution is 4.82. The van der Waals surface area contributed by atoms with Gasteiger partial charge in [-0.1, -0.05) is 26.2 Å². The Balaban J connectivity index is 1.58. The summed E-state index contributed by atoms with van der Waals surface area (Å²) in [5.41, 5.74) is 5.82. The predicted octanol–water partition coefficient (Wildman–Crippen LogP) is 2.70. The fourth-order valence-corrected chi connectivity index (χ4v) is 3.90. The molecule has 0 bridgehead atoms. The summed E-state index contributed by atoms with van der Waals surface area (Å²) in [7, 11) is 0. The summed E-state index contributed by atoms with van der Waals surface area (Å²) in [6.07, 6.45) is 9.63. The molecule has 2 aliphatic rings. The molecule has 3 nitrogen and oxygen atoms in total. The molecule has 1 aliphatic carbocycles. The van der Waals surface area contributed by atoms with E-state index < -0.39 is 0 Å². The van der Waals surface area contributed by atoms with Crippen molar-refractivity contribution in [2.24, 2.45) is 11.7 Å². The summed E-state index contributed by atoms with van der Waals surface area (Å²) >= 11 is 0. The van der Waals surface area contributed by atoms with Crippen molar-refractivity contribution < 1.29 is 0 Å². The van der Waals surface area contributed by atoms with Crippen molar-refractivity contribution >= 4 is 0 Å². The first kappa shape index (κ1) is 16.3. The van der Waals surface area contributed by atoms with E-state index in [2.05, 4.69) is 23.6 Å². The molecule has 1 saturated carbocycles. The summed E-state index contributed by atoms with van der Waals surface area (Å²) in [5, 5.41) is 0. The van der Waals surface area contributed by atoms with Crippen molar-refractivity contribution in [3.63, 3.8) is 0 Å². The molecule has 2 unspecified atom stereocenters. The van der Waals surface area contributed by atoms with Gasteiger partial charge in [-0.3, -0.25) is 4.90 Å². The van der Waals surface area contributed by atoms with Crippen LogP contribution in [0.25, 0.3) is 0 Å². The van der Waals surface area contributed by atoms with Crippen LogP contribution in [0, 0.1) is 5.92 Å². The molecule has 2 atom stereocenters. The van der Waals surface area contributed by atoms with Crippen LogP contribution in [0.1, 0.15) is 58.8 Å². The normalized spacial score (nSPS) is 25.9. The third-order valence-corrected chi connectivity index (χ3v) is 5.17. The Bertz CT molecular complexity index is 253. The lowest BCUT2D eigenvalue weighted by molar-refractivity contribution is 0.0880. The van der Waals surface area contributed by atoms with E-state index in [1.807, 2.05) is 0 Å². The predicted molar refractivity (Wildman–Crippen MR) is 86.9 cm³/mol. The molecule has 20 heavy (non-hydrogen) atoms. The molecule has 0 amide bonds. The van der Waals surface area contributed by atoms with Crippen molar-refractivity contribution in [3.05, 3.63) is 0 Å². The number of nitrogens with zero attached hydrogens (tertiary/aromatic N) is 2. The SMILES string of the molecule is CC(N)CCCC(C)CN1CCN(C2CCCC2)CC1. The number of nitrogens with two attached hydrogens (primary N) is 1. The largest absolute Gasteiger partial charge is 0.328 e. The van der Waals surface area contributed by atoms with Gasteiger partial charge < -0.3 is 10.6 Å². The van der Waals surface area contributed by atoms with Gasteiger partial charge >= 0.3 is 0 Å². The molecule has 2 rings (SSSR count). The Hall–Kier alpha value is -0.120. The second-order valence-corrected chi connectivity index (χ2v) is 7.29. The Labute approximate surface area is 125 Å². The summed E-state index contributed by atoms with van der Waals surface area (Å²) in [6, 6.07) is 1.29. The van der Waals surface area contributed by atoms with Crippen LogP contribution in [0.15, 0.2) is 0 Å². The smallest absolute Gasteiger partial charge is 0.0113 e. The van der Waals surface area contributed by atoms with Crippen molar-refractivity contribution in [1.29, 1.82) is 0 Å². The van der Waals surface area contributed by atoms with Crippen LogP contribution in [0.3, 0.4) is 0 Å². The zero-order valence-corrected chi connectivity index (χ0v) is 13.7. The second-order valence-electron chi connectivity index (χ2n) is 7.29. The van der Waals surface area contributed by atoms with Gasteiger partial charge in [-0.25, -0.2) is 0 Å². The zero-order valence-electron chi connectivity index (χ0n) is 13.7. The third kappa shape index (κ3) is 5.34. The van der Waals surface area contributed by atoms with Crippen LogP contribution in [0.4, 0.5) is 0 Å². The van der Waals surface area contributed by atoms with E-state index in [4.69, 9.17) is 5.73 Å². The van der Waals surface area contributed by atoms with Gasteiger partial charge in [0.15, 0.2) is 0 Å². The molecule has 2 fully saturated rings. The van der Waals surface area contributed by atoms with E-state index in [1.165, 1.54) is 77.7 Å². The Morgan fingerprint density at radius 2 is 1.65 bits per heavy atom. The van der Waals surface area contributed by atoms with Gasteiger partial charge in [-0.2, -0.15) is 0 Å². The zero-order chi connectivity index (χ0) is 14.4. The molecular formula is C17H35N3. The molecule has 0 aromatic heterocycles. The lowest BCUT2D eigenvalue weighted by Crippen LogP contribution is -2.50. The highest BCUT2D eigenvalue weighted by Gasteiger charge is 2.26. The van der Waals surface area contributed by atoms with Gasteiger partial charge in [0, 0.05) is 44.8 Å². The highest BCUT2D eigenvalue weighted by Crippen LogP contribution is 2.24. The van der Waals surface area contributed by atoms with Gasteiger partial charge in [-0.15, -0.1) is 0 Å². The maximum absolute atomic E-state index is 5.82. The van der Waals surface area contributed by atoms with E-state index in [0.29, 0.717) is 6.04 Å². The van der Waals surface area contributed by atoms with Gasteiger partial charge in [0.05, 0.1) is 0 Å². The fraction of sp³-hybridized carbons (Fsp3) is 1.00. The summed E-state index contributed by atoms with van der Waals surface area (Å²) in [6.45, 7) is 11.0. The lowest BCUT2D eigenvalue weighted by Gasteiger charge is -2.39. The van der Waals surface area contributed by atoms with E-state index >= 15 is 0 Å². The molecular weight excluding hydrogens is 246 g/mol. The monoisotopic (exact) mass is 281 g/mol. The molecule has 118 valence electrons. The number of hydrogen-bond donors (Lipinski definition) is 1. The Morgan fingerprint density at radius 3 is 2.25 bits per heavy atom. The average molecular weight is 281 g/mol. The second kappa shape index (κ2) is 8.35. The molecule has 0 aromatic rings. The molecule has 0 aromatic carbocycles. The molecule has 0 radical (unpaired) electrons. The van der Waals surface area contributed by atoms with Crippen molar-refractivity contribution in [2.45, 2.75) is 70.9 Å². The molecule has 1 heterocycles. The molecule has 3 heteroatoms. The van der Waals surface area contributed by atoms with E-state index in [1.54, 1.807) is 0 Å². The van der Waals surface area contributed by atoms with Crippen molar-refractivity contribution in [2.75, 3.05) is 32.7 Å². The van der Waals surface area contributed by atoms with Gasteiger partial charge in [0.1, 0.15) is 0 Å². The Kier molecular flexibility index (Phi) is 6.79. The molecule has 2 N–H and O–H groups in total. The first-order chi connectivity index (χ1) is 9.65. The maximum Gasteiger partial charge on any atom is 0.0113 e. The van der Waals surface area contributed by atoms with Gasteiger partial charge in [-0.05, 0) is 38.5 Å². The quantitative estimate of drug-likeness (QED) is 0.779. The first-order valence-electron chi connectivity index (χ1n) is 8.87. The topological polar surface area (TPSA) is 32.5 Å². The van der Waals surface area contributed by atoms with E-state index in [9.17, 15) is 0 Å². The lowest BCUT2D eigenvalue weighted by atomic mass is 10.0. The fourth-order valence-electron chi connectivity index (χ4n) is 3.90. The number of hydrogen-bond acceptors (Lipinski definition) is 3. The number of rotatable bonds is 7. The van der Waals surface area contributed by atoms with Crippen LogP contribution in [0.2, 0.25) is 0 Å². The number of piperazine rings is 1. The van der Waals surface area contributed by atoms with Crippen molar-refractivity contribution in [1.82, 2.24) is 9.80 Å². The van der Waals surface area contributed by atoms with E-state index in [-0.39, 0.29) is 0 Å². The maximum atomic E-state index is 5.82. The van der Waals surface area contributed by atoms with Crippen LogP contribution in [-0.2, 0) is 0 Å². The molecule has 1 saturated heterocycles. The minimum Gasteiger partial charge on any atom is -0.328 e. The minimum absolute atomic E-state index is 0.372. The summed E-state index contributed by atoms with van der Waals surface area (Å²) in [4.78, 5) is 5.44. The minimum atomic E-state index is 0.372. The summed E-state index contributed by atoms with van der Waals surface area (Å²) < 4.78 is 0. The third-order valence-electron chi connectivity index (χ3n) is 5.17. The highest BCUT2D eigenvalue weighted by atomic mass is 15.3. The van der Waals surface area contributed by atoms with E-state index in [0.717, 1.165) is 12.0 Å². The standard InChI is InChI=1S/C17H35N3/c1-15(6-5-7-16(2)18)14-19-10-12-20(13-11-19)17-8-3-4-9-17/h15-17H,3-14,18H2,1-2H3. The van der Waals surface area contributed by atoms with Crippen LogP contribution < -0.4 is 5.73 Å². The Morgan fingerprint density at radius 1 is 1.00 bits per heavy atom. The van der Waals surface area contributed by atoms with Crippen LogP contribution in [0.5, 0.6) is 0 Å². The average Bonchev–Trinajstić information content (AvgIpc) is 2.93. The van der Waals surface area contributed by atoms with Crippen LogP contribution >= 0.6 is 0 Å². The van der Waals surface area contributed by atoms with Gasteiger partial charge in [0.2, 0.25) is 0 Å². The summed E-state index contributed by atoms with van der Waals surface area (Å²) in [5.74, 6) is 0.826. The van der Waals surface area contributed by atoms with Gasteiger partial charge in [0.25, 0.3) is 0 Å². The molecule has 0 spiro atoms. The van der Waals surface area contributed by atoms with Crippen LogP contribution in [-0.4, -0.2) is 54.6 Å².